The number of ether oxygens (including phenoxy) is 3. The Kier molecular flexibility index (Phi) is 9.07. The second-order valence-corrected chi connectivity index (χ2v) is 11.2. The molecule has 0 aliphatic heterocycles. The van der Waals surface area contributed by atoms with Gasteiger partial charge in [0.05, 0.1) is 35.8 Å². The number of hydrogen-bond acceptors (Lipinski definition) is 7. The minimum absolute atomic E-state index is 0.159. The van der Waals surface area contributed by atoms with E-state index in [9.17, 15) is 9.59 Å². The summed E-state index contributed by atoms with van der Waals surface area (Å²) in [4.78, 5) is 30.3. The van der Waals surface area contributed by atoms with Crippen LogP contribution < -0.4 is 15.0 Å². The molecule has 0 spiro atoms. The summed E-state index contributed by atoms with van der Waals surface area (Å²) in [5, 5.41) is 5.11. The molecule has 37 heavy (non-hydrogen) atoms. The van der Waals surface area contributed by atoms with Crippen molar-refractivity contribution in [2.75, 3.05) is 14.2 Å². The normalized spacial score (nSPS) is 15.2. The highest BCUT2D eigenvalue weighted by atomic mass is 79.9. The first-order valence-corrected chi connectivity index (χ1v) is 14.2. The maximum Gasteiger partial charge on any atom is 0.346 e. The Hall–Kier alpha value is -2.24. The molecule has 1 aliphatic carbocycles. The predicted molar refractivity (Wildman–Crippen MR) is 153 cm³/mol. The number of carbonyl (C=O) groups is 1. The summed E-state index contributed by atoms with van der Waals surface area (Å²) in [5.41, 5.74) is 1.07. The molecule has 1 atom stereocenters. The van der Waals surface area contributed by atoms with Crippen molar-refractivity contribution < 1.29 is 19.0 Å². The summed E-state index contributed by atoms with van der Waals surface area (Å²) in [6.45, 7) is 1.59. The number of esters is 1. The van der Waals surface area contributed by atoms with E-state index in [-0.39, 0.29) is 11.5 Å². The lowest BCUT2D eigenvalue weighted by Gasteiger charge is -2.23. The van der Waals surface area contributed by atoms with E-state index < -0.39 is 12.1 Å². The molecule has 1 heterocycles. The summed E-state index contributed by atoms with van der Waals surface area (Å²) in [7, 11) is 2.80. The van der Waals surface area contributed by atoms with Crippen molar-refractivity contribution in [2.24, 2.45) is 5.10 Å². The third kappa shape index (κ3) is 5.93. The zero-order valence-electron chi connectivity index (χ0n) is 20.6. The average molecular weight is 700 g/mol. The molecule has 2 aromatic carbocycles. The van der Waals surface area contributed by atoms with Crippen LogP contribution in [0.25, 0.3) is 10.9 Å². The van der Waals surface area contributed by atoms with Crippen LogP contribution in [0.3, 0.4) is 0 Å². The average Bonchev–Trinajstić information content (AvgIpc) is 2.91. The van der Waals surface area contributed by atoms with E-state index in [1.165, 1.54) is 25.3 Å². The molecule has 0 radical (unpaired) electrons. The maximum absolute atomic E-state index is 13.6. The first-order chi connectivity index (χ1) is 17.7. The van der Waals surface area contributed by atoms with Gasteiger partial charge in [-0.15, -0.1) is 0 Å². The molecule has 3 aromatic rings. The number of methoxy groups -OCH3 is 2. The van der Waals surface area contributed by atoms with Crippen LogP contribution in [0.15, 0.2) is 47.6 Å². The van der Waals surface area contributed by atoms with E-state index in [0.29, 0.717) is 42.7 Å². The van der Waals surface area contributed by atoms with Gasteiger partial charge in [-0.3, -0.25) is 4.79 Å². The van der Waals surface area contributed by atoms with Crippen molar-refractivity contribution in [2.45, 2.75) is 51.0 Å². The number of benzene rings is 2. The largest absolute Gasteiger partial charge is 0.493 e. The highest BCUT2D eigenvalue weighted by Crippen LogP contribution is 2.43. The van der Waals surface area contributed by atoms with E-state index in [4.69, 9.17) is 19.2 Å². The van der Waals surface area contributed by atoms with E-state index in [1.807, 2.05) is 12.1 Å². The fourth-order valence-electron chi connectivity index (χ4n) is 4.37. The predicted octanol–water partition coefficient (Wildman–Crippen LogP) is 6.56. The molecule has 0 saturated heterocycles. The molecule has 0 bridgehead atoms. The van der Waals surface area contributed by atoms with Gasteiger partial charge in [-0.05, 0) is 75.9 Å². The number of nitrogens with zero attached hydrogens (tertiary/aromatic N) is 3. The molecule has 11 heteroatoms. The number of carbonyl (C=O) groups excluding carboxylic acids is 1. The second-order valence-electron chi connectivity index (χ2n) is 8.74. The van der Waals surface area contributed by atoms with Crippen LogP contribution >= 0.6 is 47.8 Å². The molecular formula is C26H26Br3N3O5. The number of halogens is 3. The molecule has 0 amide bonds. The number of fused-ring (bicyclic) bond motifs is 1. The second kappa shape index (κ2) is 12.1. The highest BCUT2D eigenvalue weighted by Gasteiger charge is 2.24. The fraction of sp³-hybridized carbons (Fsp3) is 0.385. The van der Waals surface area contributed by atoms with Crippen molar-refractivity contribution in [3.63, 3.8) is 0 Å². The van der Waals surface area contributed by atoms with Crippen molar-refractivity contribution in [1.82, 2.24) is 9.66 Å². The summed E-state index contributed by atoms with van der Waals surface area (Å²) >= 11 is 10.6. The number of aromatic nitrogens is 2. The molecule has 1 aliphatic rings. The van der Waals surface area contributed by atoms with E-state index in [2.05, 4.69) is 52.9 Å². The standard InChI is InChI=1S/C26H26Br3N3O5/c1-14(26(34)36-3)37-23-20(35-2)11-16(21(28)22(23)29)13-30-32-24(15-7-5-4-6-8-15)31-19-10-9-17(27)12-18(19)25(32)33/h9-15H,4-8H2,1-3H3/t14-/m0/s1. The van der Waals surface area contributed by atoms with Crippen LogP contribution in [0.5, 0.6) is 11.5 Å². The summed E-state index contributed by atoms with van der Waals surface area (Å²) in [6, 6.07) is 7.23. The minimum Gasteiger partial charge on any atom is -0.493 e. The topological polar surface area (TPSA) is 92.0 Å². The summed E-state index contributed by atoms with van der Waals surface area (Å²) < 4.78 is 19.5. The van der Waals surface area contributed by atoms with Gasteiger partial charge < -0.3 is 14.2 Å². The Morgan fingerprint density at radius 1 is 1.14 bits per heavy atom. The number of hydrogen-bond donors (Lipinski definition) is 0. The van der Waals surface area contributed by atoms with Crippen molar-refractivity contribution >= 4 is 70.9 Å². The molecule has 1 aromatic heterocycles. The molecule has 4 rings (SSSR count). The quantitative estimate of drug-likeness (QED) is 0.205. The maximum atomic E-state index is 13.6. The summed E-state index contributed by atoms with van der Waals surface area (Å²) in [5.74, 6) is 1.03. The monoisotopic (exact) mass is 697 g/mol. The Balaban J connectivity index is 1.80. The molecular weight excluding hydrogens is 674 g/mol. The zero-order valence-corrected chi connectivity index (χ0v) is 25.4. The van der Waals surface area contributed by atoms with Gasteiger partial charge in [0.25, 0.3) is 5.56 Å². The smallest absolute Gasteiger partial charge is 0.346 e. The van der Waals surface area contributed by atoms with E-state index in [0.717, 1.165) is 30.2 Å². The zero-order chi connectivity index (χ0) is 26.7. The molecule has 8 nitrogen and oxygen atoms in total. The van der Waals surface area contributed by atoms with Gasteiger partial charge in [-0.25, -0.2) is 9.78 Å². The van der Waals surface area contributed by atoms with E-state index in [1.54, 1.807) is 25.3 Å². The molecule has 0 N–H and O–H groups in total. The van der Waals surface area contributed by atoms with Gasteiger partial charge in [0.15, 0.2) is 17.6 Å². The highest BCUT2D eigenvalue weighted by molar-refractivity contribution is 9.13. The fourth-order valence-corrected chi connectivity index (χ4v) is 5.65. The van der Waals surface area contributed by atoms with Crippen LogP contribution in [-0.2, 0) is 9.53 Å². The first-order valence-electron chi connectivity index (χ1n) is 11.8. The summed E-state index contributed by atoms with van der Waals surface area (Å²) in [6.07, 6.45) is 6.07. The van der Waals surface area contributed by atoms with Gasteiger partial charge in [0, 0.05) is 20.4 Å². The van der Waals surface area contributed by atoms with E-state index >= 15 is 0 Å². The van der Waals surface area contributed by atoms with Gasteiger partial charge in [-0.2, -0.15) is 9.78 Å². The van der Waals surface area contributed by atoms with Crippen molar-refractivity contribution in [1.29, 1.82) is 0 Å². The van der Waals surface area contributed by atoms with Crippen LogP contribution in [0.4, 0.5) is 0 Å². The van der Waals surface area contributed by atoms with Gasteiger partial charge in [-0.1, -0.05) is 35.2 Å². The Labute approximate surface area is 239 Å². The van der Waals surface area contributed by atoms with Crippen LogP contribution in [0.1, 0.15) is 56.3 Å². The Morgan fingerprint density at radius 2 is 1.86 bits per heavy atom. The molecule has 196 valence electrons. The van der Waals surface area contributed by atoms with Crippen LogP contribution in [-0.4, -0.2) is 42.2 Å². The van der Waals surface area contributed by atoms with Crippen molar-refractivity contribution in [3.8, 4) is 11.5 Å². The van der Waals surface area contributed by atoms with Crippen molar-refractivity contribution in [3.05, 3.63) is 59.4 Å². The molecule has 1 fully saturated rings. The molecule has 1 saturated carbocycles. The minimum atomic E-state index is -0.846. The Bertz CT molecular complexity index is 1420. The first kappa shape index (κ1) is 27.8. The lowest BCUT2D eigenvalue weighted by atomic mass is 9.88. The third-order valence-electron chi connectivity index (χ3n) is 6.32. The SMILES string of the molecule is COC(=O)[C@H](C)Oc1c(OC)cc(C=Nn2c(C3CCCCC3)nc3ccc(Br)cc3c2=O)c(Br)c1Br. The molecule has 0 unspecified atom stereocenters. The van der Waals surface area contributed by atoms with Crippen LogP contribution in [0, 0.1) is 0 Å². The number of rotatable bonds is 7. The van der Waals surface area contributed by atoms with Gasteiger partial charge in [0.2, 0.25) is 0 Å². The lowest BCUT2D eigenvalue weighted by Crippen LogP contribution is -2.25. The van der Waals surface area contributed by atoms with Gasteiger partial charge in [0.1, 0.15) is 5.82 Å². The lowest BCUT2D eigenvalue weighted by molar-refractivity contribution is -0.147. The third-order valence-corrected chi connectivity index (χ3v) is 8.96. The van der Waals surface area contributed by atoms with Crippen LogP contribution in [0.2, 0.25) is 0 Å². The van der Waals surface area contributed by atoms with Gasteiger partial charge >= 0.3 is 5.97 Å². The Morgan fingerprint density at radius 3 is 2.54 bits per heavy atom.